The van der Waals surface area contributed by atoms with Gasteiger partial charge in [-0.1, -0.05) is 18.2 Å². The fourth-order valence-electron chi connectivity index (χ4n) is 2.07. The van der Waals surface area contributed by atoms with Crippen molar-refractivity contribution >= 4 is 11.6 Å². The van der Waals surface area contributed by atoms with Crippen molar-refractivity contribution in [1.29, 1.82) is 0 Å². The van der Waals surface area contributed by atoms with Crippen molar-refractivity contribution in [3.05, 3.63) is 29.8 Å². The number of para-hydroxylation sites is 1. The summed E-state index contributed by atoms with van der Waals surface area (Å²) in [4.78, 5) is 11.7. The molecular formula is C14H20N2O2. The van der Waals surface area contributed by atoms with Gasteiger partial charge in [-0.25, -0.2) is 0 Å². The molecule has 1 aliphatic rings. The second-order valence-corrected chi connectivity index (χ2v) is 4.74. The highest BCUT2D eigenvalue weighted by molar-refractivity contribution is 5.92. The van der Waals surface area contributed by atoms with Crippen molar-refractivity contribution in [1.82, 2.24) is 5.32 Å². The van der Waals surface area contributed by atoms with Crippen LogP contribution in [-0.4, -0.2) is 32.2 Å². The molecule has 1 amide bonds. The van der Waals surface area contributed by atoms with Gasteiger partial charge in [-0.3, -0.25) is 4.79 Å². The lowest BCUT2D eigenvalue weighted by molar-refractivity contribution is -0.121. The van der Waals surface area contributed by atoms with Crippen molar-refractivity contribution in [3.63, 3.8) is 0 Å². The molecule has 1 fully saturated rings. The normalized spacial score (nSPS) is 18.8. The quantitative estimate of drug-likeness (QED) is 0.831. The Bertz CT molecular complexity index is 401. The van der Waals surface area contributed by atoms with E-state index in [4.69, 9.17) is 4.74 Å². The van der Waals surface area contributed by atoms with Crippen molar-refractivity contribution in [3.8, 4) is 0 Å². The van der Waals surface area contributed by atoms with Crippen LogP contribution in [0.15, 0.2) is 24.3 Å². The van der Waals surface area contributed by atoms with Crippen LogP contribution in [0.1, 0.15) is 12.0 Å². The summed E-state index contributed by atoms with van der Waals surface area (Å²) in [6.07, 6.45) is 1.14. The van der Waals surface area contributed by atoms with Gasteiger partial charge < -0.3 is 15.4 Å². The first-order chi connectivity index (χ1) is 8.75. The predicted octanol–water partition coefficient (Wildman–Crippen LogP) is 1.56. The number of carbonyl (C=O) groups is 1. The van der Waals surface area contributed by atoms with Crippen molar-refractivity contribution in [2.45, 2.75) is 13.3 Å². The molecular weight excluding hydrogens is 228 g/mol. The summed E-state index contributed by atoms with van der Waals surface area (Å²) < 4.78 is 5.44. The molecule has 0 bridgehead atoms. The summed E-state index contributed by atoms with van der Waals surface area (Å²) in [7, 11) is 0. The zero-order valence-electron chi connectivity index (χ0n) is 10.7. The largest absolute Gasteiger partial charge is 0.371 e. The Morgan fingerprint density at radius 1 is 1.50 bits per heavy atom. The zero-order valence-corrected chi connectivity index (χ0v) is 10.7. The Morgan fingerprint density at radius 2 is 2.33 bits per heavy atom. The number of amides is 1. The van der Waals surface area contributed by atoms with E-state index >= 15 is 0 Å². The number of rotatable bonds is 5. The van der Waals surface area contributed by atoms with Crippen LogP contribution in [0.3, 0.4) is 0 Å². The molecule has 4 heteroatoms. The van der Waals surface area contributed by atoms with Crippen LogP contribution in [0.2, 0.25) is 0 Å². The number of aryl methyl sites for hydroxylation is 1. The lowest BCUT2D eigenvalue weighted by Gasteiger charge is -2.10. The van der Waals surface area contributed by atoms with Crippen LogP contribution in [-0.2, 0) is 9.53 Å². The minimum atomic E-state index is -0.0877. The highest BCUT2D eigenvalue weighted by Gasteiger charge is 2.14. The number of carbonyl (C=O) groups excluding carboxylic acids is 1. The molecule has 1 aliphatic heterocycles. The molecule has 0 aromatic heterocycles. The molecule has 0 saturated carbocycles. The lowest BCUT2D eigenvalue weighted by atomic mass is 10.1. The number of benzene rings is 1. The maximum atomic E-state index is 11.7. The lowest BCUT2D eigenvalue weighted by Crippen LogP contribution is -2.22. The zero-order chi connectivity index (χ0) is 12.8. The summed E-state index contributed by atoms with van der Waals surface area (Å²) in [6.45, 7) is 4.82. The van der Waals surface area contributed by atoms with E-state index in [1.807, 2.05) is 31.2 Å². The van der Waals surface area contributed by atoms with E-state index in [1.165, 1.54) is 0 Å². The standard InChI is InChI=1S/C14H20N2O2/c1-11-4-2-3-5-13(11)16-14(17)10-18-9-12-6-7-15-8-12/h2-5,12,15H,6-10H2,1H3,(H,16,17). The smallest absolute Gasteiger partial charge is 0.250 e. The molecule has 0 spiro atoms. The van der Waals surface area contributed by atoms with Crippen LogP contribution in [0, 0.1) is 12.8 Å². The number of nitrogens with one attached hydrogen (secondary N) is 2. The second kappa shape index (κ2) is 6.52. The van der Waals surface area contributed by atoms with E-state index < -0.39 is 0 Å². The molecule has 2 N–H and O–H groups in total. The SMILES string of the molecule is Cc1ccccc1NC(=O)COCC1CCNC1. The van der Waals surface area contributed by atoms with E-state index in [9.17, 15) is 4.79 Å². The first-order valence-corrected chi connectivity index (χ1v) is 6.39. The molecule has 1 unspecified atom stereocenters. The maximum Gasteiger partial charge on any atom is 0.250 e. The van der Waals surface area contributed by atoms with E-state index in [1.54, 1.807) is 0 Å². The highest BCUT2D eigenvalue weighted by Crippen LogP contribution is 2.13. The number of hydrogen-bond donors (Lipinski definition) is 2. The molecule has 0 radical (unpaired) electrons. The number of anilines is 1. The Morgan fingerprint density at radius 3 is 3.06 bits per heavy atom. The molecule has 1 atom stereocenters. The van der Waals surface area contributed by atoms with Gasteiger partial charge in [0.2, 0.25) is 5.91 Å². The maximum absolute atomic E-state index is 11.7. The van der Waals surface area contributed by atoms with E-state index in [2.05, 4.69) is 10.6 Å². The van der Waals surface area contributed by atoms with Crippen molar-refractivity contribution < 1.29 is 9.53 Å². The molecule has 1 heterocycles. The van der Waals surface area contributed by atoms with Gasteiger partial charge in [0.15, 0.2) is 0 Å². The molecule has 2 rings (SSSR count). The molecule has 4 nitrogen and oxygen atoms in total. The minimum absolute atomic E-state index is 0.0877. The van der Waals surface area contributed by atoms with Crippen LogP contribution < -0.4 is 10.6 Å². The average molecular weight is 248 g/mol. The monoisotopic (exact) mass is 248 g/mol. The summed E-state index contributed by atoms with van der Waals surface area (Å²) in [5, 5.41) is 6.13. The van der Waals surface area contributed by atoms with Gasteiger partial charge in [0.1, 0.15) is 6.61 Å². The van der Waals surface area contributed by atoms with Gasteiger partial charge in [-0.2, -0.15) is 0 Å². The van der Waals surface area contributed by atoms with Gasteiger partial charge in [-0.05, 0) is 37.4 Å². The number of ether oxygens (including phenoxy) is 1. The fraction of sp³-hybridized carbons (Fsp3) is 0.500. The third-order valence-corrected chi connectivity index (χ3v) is 3.17. The summed E-state index contributed by atoms with van der Waals surface area (Å²) in [6, 6.07) is 7.73. The van der Waals surface area contributed by atoms with E-state index in [0.717, 1.165) is 30.8 Å². The van der Waals surface area contributed by atoms with Crippen LogP contribution in [0.4, 0.5) is 5.69 Å². The molecule has 98 valence electrons. The van der Waals surface area contributed by atoms with Gasteiger partial charge in [0, 0.05) is 12.2 Å². The Labute approximate surface area is 108 Å². The minimum Gasteiger partial charge on any atom is -0.371 e. The average Bonchev–Trinajstić information content (AvgIpc) is 2.85. The number of hydrogen-bond acceptors (Lipinski definition) is 3. The van der Waals surface area contributed by atoms with E-state index in [0.29, 0.717) is 12.5 Å². The van der Waals surface area contributed by atoms with Crippen molar-refractivity contribution in [2.75, 3.05) is 31.6 Å². The molecule has 0 aliphatic carbocycles. The summed E-state index contributed by atoms with van der Waals surface area (Å²) >= 11 is 0. The van der Waals surface area contributed by atoms with Crippen LogP contribution in [0.25, 0.3) is 0 Å². The van der Waals surface area contributed by atoms with Crippen LogP contribution >= 0.6 is 0 Å². The van der Waals surface area contributed by atoms with E-state index in [-0.39, 0.29) is 12.5 Å². The summed E-state index contributed by atoms with van der Waals surface area (Å²) in [5.41, 5.74) is 1.92. The first kappa shape index (κ1) is 13.1. The molecule has 1 aromatic carbocycles. The Hall–Kier alpha value is -1.39. The third-order valence-electron chi connectivity index (χ3n) is 3.17. The second-order valence-electron chi connectivity index (χ2n) is 4.74. The van der Waals surface area contributed by atoms with Gasteiger partial charge in [0.05, 0.1) is 6.61 Å². The highest BCUT2D eigenvalue weighted by atomic mass is 16.5. The van der Waals surface area contributed by atoms with Gasteiger partial charge in [-0.15, -0.1) is 0 Å². The third kappa shape index (κ3) is 3.82. The topological polar surface area (TPSA) is 50.4 Å². The van der Waals surface area contributed by atoms with Crippen molar-refractivity contribution in [2.24, 2.45) is 5.92 Å². The van der Waals surface area contributed by atoms with Crippen LogP contribution in [0.5, 0.6) is 0 Å². The van der Waals surface area contributed by atoms with Gasteiger partial charge >= 0.3 is 0 Å². The Balaban J connectivity index is 1.70. The summed E-state index contributed by atoms with van der Waals surface area (Å²) in [5.74, 6) is 0.464. The first-order valence-electron chi connectivity index (χ1n) is 6.39. The molecule has 1 saturated heterocycles. The fourth-order valence-corrected chi connectivity index (χ4v) is 2.07. The predicted molar refractivity (Wildman–Crippen MR) is 71.6 cm³/mol. The molecule has 1 aromatic rings. The van der Waals surface area contributed by atoms with Gasteiger partial charge in [0.25, 0.3) is 0 Å². The Kier molecular flexibility index (Phi) is 4.73. The molecule has 18 heavy (non-hydrogen) atoms.